The topological polar surface area (TPSA) is 104 Å². The van der Waals surface area contributed by atoms with E-state index in [1.807, 2.05) is 0 Å². The van der Waals surface area contributed by atoms with E-state index in [-0.39, 0.29) is 12.3 Å². The maximum absolute atomic E-state index is 12.3. The van der Waals surface area contributed by atoms with Gasteiger partial charge in [-0.1, -0.05) is 114 Å². The molecule has 6 nitrogen and oxygen atoms in total. The average Bonchev–Trinajstić information content (AvgIpc) is 2.86. The van der Waals surface area contributed by atoms with E-state index in [0.29, 0.717) is 12.8 Å². The van der Waals surface area contributed by atoms with Gasteiger partial charge >= 0.3 is 0 Å². The lowest BCUT2D eigenvalue weighted by Gasteiger charge is -2.23. The van der Waals surface area contributed by atoms with Crippen molar-refractivity contribution in [1.82, 2.24) is 5.32 Å². The molecule has 2 atom stereocenters. The van der Waals surface area contributed by atoms with Crippen molar-refractivity contribution in [1.29, 1.82) is 0 Å². The lowest BCUT2D eigenvalue weighted by molar-refractivity contribution is -0.122. The molecule has 0 spiro atoms. The highest BCUT2D eigenvalue weighted by Crippen LogP contribution is 2.12. The number of unbranched alkanes of at least 4 members (excludes halogenated alkanes) is 9. The summed E-state index contributed by atoms with van der Waals surface area (Å²) < 4.78 is 32.0. The zero-order valence-electron chi connectivity index (χ0n) is 24.0. The van der Waals surface area contributed by atoms with Crippen LogP contribution < -0.4 is 5.32 Å². The first-order chi connectivity index (χ1) is 18.3. The summed E-state index contributed by atoms with van der Waals surface area (Å²) in [5.41, 5.74) is 0. The number of allylic oxidation sites excluding steroid dienone is 8. The molecular formula is C31H55NO5S. The molecular weight excluding hydrogens is 498 g/mol. The SMILES string of the molecule is CC/C=C\C/C=C\C/C=C\C/C=C\CCCCCCC(=O)NC(CS(=O)(=O)O)C(O)CCCCCCCC. The lowest BCUT2D eigenvalue weighted by atomic mass is 10.0. The summed E-state index contributed by atoms with van der Waals surface area (Å²) in [4.78, 5) is 12.3. The summed E-state index contributed by atoms with van der Waals surface area (Å²) in [5, 5.41) is 13.1. The smallest absolute Gasteiger partial charge is 0.266 e. The minimum absolute atomic E-state index is 0.278. The van der Waals surface area contributed by atoms with Gasteiger partial charge < -0.3 is 10.4 Å². The molecule has 0 aliphatic rings. The number of hydrogen-bond acceptors (Lipinski definition) is 4. The Bertz CT molecular complexity index is 786. The molecule has 0 bridgehead atoms. The Morgan fingerprint density at radius 3 is 1.87 bits per heavy atom. The largest absolute Gasteiger partial charge is 0.391 e. The van der Waals surface area contributed by atoms with Crippen LogP contribution in [-0.4, -0.2) is 41.9 Å². The lowest BCUT2D eigenvalue weighted by Crippen LogP contribution is -2.47. The van der Waals surface area contributed by atoms with Gasteiger partial charge in [-0.05, 0) is 51.4 Å². The highest BCUT2D eigenvalue weighted by molar-refractivity contribution is 7.85. The van der Waals surface area contributed by atoms with E-state index < -0.39 is 28.0 Å². The molecule has 0 aromatic rings. The van der Waals surface area contributed by atoms with E-state index >= 15 is 0 Å². The van der Waals surface area contributed by atoms with E-state index in [1.54, 1.807) is 0 Å². The normalized spacial score (nSPS) is 14.3. The van der Waals surface area contributed by atoms with Crippen molar-refractivity contribution in [2.24, 2.45) is 0 Å². The maximum atomic E-state index is 12.3. The molecule has 0 aromatic heterocycles. The molecule has 0 rings (SSSR count). The fourth-order valence-electron chi connectivity index (χ4n) is 4.09. The van der Waals surface area contributed by atoms with Crippen LogP contribution in [0, 0.1) is 0 Å². The fraction of sp³-hybridized carbons (Fsp3) is 0.710. The third kappa shape index (κ3) is 25.9. The molecule has 0 fully saturated rings. The van der Waals surface area contributed by atoms with Crippen molar-refractivity contribution in [3.8, 4) is 0 Å². The Hall–Kier alpha value is -1.70. The van der Waals surface area contributed by atoms with Gasteiger partial charge in [-0.15, -0.1) is 0 Å². The predicted molar refractivity (Wildman–Crippen MR) is 161 cm³/mol. The molecule has 0 aliphatic heterocycles. The molecule has 2 unspecified atom stereocenters. The van der Waals surface area contributed by atoms with Gasteiger partial charge in [-0.2, -0.15) is 8.42 Å². The van der Waals surface area contributed by atoms with Crippen LogP contribution in [0.5, 0.6) is 0 Å². The minimum atomic E-state index is -4.30. The first-order valence-electron chi connectivity index (χ1n) is 14.8. The van der Waals surface area contributed by atoms with Crippen molar-refractivity contribution in [3.63, 3.8) is 0 Å². The highest BCUT2D eigenvalue weighted by atomic mass is 32.2. The van der Waals surface area contributed by atoms with Crippen LogP contribution in [0.2, 0.25) is 0 Å². The average molecular weight is 554 g/mol. The first kappa shape index (κ1) is 36.3. The zero-order chi connectivity index (χ0) is 28.3. The molecule has 0 radical (unpaired) electrons. The number of amides is 1. The van der Waals surface area contributed by atoms with Gasteiger partial charge in [0.05, 0.1) is 17.9 Å². The number of aliphatic hydroxyl groups is 1. The van der Waals surface area contributed by atoms with Gasteiger partial charge in [0, 0.05) is 6.42 Å². The summed E-state index contributed by atoms with van der Waals surface area (Å²) in [6.45, 7) is 4.29. The van der Waals surface area contributed by atoms with E-state index in [4.69, 9.17) is 0 Å². The molecule has 0 aliphatic carbocycles. The Kier molecular flexibility index (Phi) is 24.4. The van der Waals surface area contributed by atoms with E-state index in [0.717, 1.165) is 83.5 Å². The summed E-state index contributed by atoms with van der Waals surface area (Å²) in [6.07, 6.45) is 32.3. The Balaban J connectivity index is 4.02. The quantitative estimate of drug-likeness (QED) is 0.0613. The number of rotatable bonds is 25. The molecule has 38 heavy (non-hydrogen) atoms. The van der Waals surface area contributed by atoms with Crippen LogP contribution in [0.25, 0.3) is 0 Å². The second-order valence-corrected chi connectivity index (χ2v) is 11.5. The molecule has 0 saturated heterocycles. The number of nitrogens with one attached hydrogen (secondary N) is 1. The summed E-state index contributed by atoms with van der Waals surface area (Å²) in [6, 6.07) is -0.980. The van der Waals surface area contributed by atoms with Gasteiger partial charge in [0.2, 0.25) is 5.91 Å². The monoisotopic (exact) mass is 553 g/mol. The van der Waals surface area contributed by atoms with Crippen LogP contribution in [0.1, 0.15) is 123 Å². The Morgan fingerprint density at radius 2 is 1.26 bits per heavy atom. The third-order valence-electron chi connectivity index (χ3n) is 6.30. The summed E-state index contributed by atoms with van der Waals surface area (Å²) in [5.74, 6) is -0.940. The van der Waals surface area contributed by atoms with Crippen LogP contribution in [0.3, 0.4) is 0 Å². The Labute approximate surface area is 233 Å². The fourth-order valence-corrected chi connectivity index (χ4v) is 4.85. The van der Waals surface area contributed by atoms with Gasteiger partial charge in [0.15, 0.2) is 0 Å². The third-order valence-corrected chi connectivity index (χ3v) is 7.08. The first-order valence-corrected chi connectivity index (χ1v) is 16.4. The van der Waals surface area contributed by atoms with Crippen molar-refractivity contribution in [2.75, 3.05) is 5.75 Å². The molecule has 0 aromatic carbocycles. The molecule has 3 N–H and O–H groups in total. The molecule has 220 valence electrons. The van der Waals surface area contributed by atoms with Gasteiger partial charge in [0.1, 0.15) is 0 Å². The zero-order valence-corrected chi connectivity index (χ0v) is 24.8. The van der Waals surface area contributed by atoms with Gasteiger partial charge in [-0.25, -0.2) is 0 Å². The van der Waals surface area contributed by atoms with Crippen molar-refractivity contribution in [2.45, 2.75) is 135 Å². The summed E-state index contributed by atoms with van der Waals surface area (Å²) in [7, 11) is -4.30. The van der Waals surface area contributed by atoms with E-state index in [9.17, 15) is 22.9 Å². The van der Waals surface area contributed by atoms with E-state index in [1.165, 1.54) is 6.42 Å². The van der Waals surface area contributed by atoms with Crippen LogP contribution in [0.4, 0.5) is 0 Å². The second-order valence-electron chi connectivity index (χ2n) is 10.0. The number of carbonyl (C=O) groups is 1. The van der Waals surface area contributed by atoms with Crippen LogP contribution in [-0.2, 0) is 14.9 Å². The highest BCUT2D eigenvalue weighted by Gasteiger charge is 2.25. The van der Waals surface area contributed by atoms with E-state index in [2.05, 4.69) is 67.8 Å². The Morgan fingerprint density at radius 1 is 0.737 bits per heavy atom. The van der Waals surface area contributed by atoms with Gasteiger partial charge in [-0.3, -0.25) is 9.35 Å². The number of hydrogen-bond donors (Lipinski definition) is 3. The number of aliphatic hydroxyl groups excluding tert-OH is 1. The van der Waals surface area contributed by atoms with Gasteiger partial charge in [0.25, 0.3) is 10.1 Å². The second kappa shape index (κ2) is 25.6. The summed E-state index contributed by atoms with van der Waals surface area (Å²) >= 11 is 0. The van der Waals surface area contributed by atoms with Crippen LogP contribution in [0.15, 0.2) is 48.6 Å². The molecule has 1 amide bonds. The molecule has 7 heteroatoms. The minimum Gasteiger partial charge on any atom is -0.391 e. The van der Waals surface area contributed by atoms with Crippen molar-refractivity contribution >= 4 is 16.0 Å². The van der Waals surface area contributed by atoms with Crippen LogP contribution >= 0.6 is 0 Å². The maximum Gasteiger partial charge on any atom is 0.266 e. The molecule has 0 saturated carbocycles. The van der Waals surface area contributed by atoms with Crippen molar-refractivity contribution < 1.29 is 22.9 Å². The van der Waals surface area contributed by atoms with Crippen molar-refractivity contribution in [3.05, 3.63) is 48.6 Å². The predicted octanol–water partition coefficient (Wildman–Crippen LogP) is 7.62. The standard InChI is InChI=1S/C31H55NO5S/c1-3-5-7-9-11-12-13-14-15-16-17-18-19-20-21-23-25-27-31(34)32-29(28-38(35,36)37)30(33)26-24-22-10-8-6-4-2/h5,7,11-12,14-15,17-18,29-30,33H,3-4,6,8-10,13,16,19-28H2,1-2H3,(H,32,34)(H,35,36,37)/b7-5-,12-11-,15-14-,18-17-. The number of carbonyl (C=O) groups excluding carboxylic acids is 1. The molecule has 0 heterocycles.